The smallest absolute Gasteiger partial charge is 0.263 e. The standard InChI is InChI=1S/C21H23ClN4O2S/c1-14-3-2-4-17(22)19(14)25-20(27)18-13-23-21(29-18)24-15-5-7-16(8-6-15)26-9-11-28-12-10-26/h2-8,13-14,19H,9-12H2,1H3,(H,23,24)(H,25,27)/t14-,19?/m1/s1. The number of morpholine rings is 1. The van der Waals surface area contributed by atoms with Crippen LogP contribution >= 0.6 is 22.9 Å². The van der Waals surface area contributed by atoms with Crippen LogP contribution in [0.25, 0.3) is 0 Å². The highest BCUT2D eigenvalue weighted by atomic mass is 35.5. The van der Waals surface area contributed by atoms with Crippen molar-refractivity contribution in [2.24, 2.45) is 5.92 Å². The number of carbonyl (C=O) groups is 1. The van der Waals surface area contributed by atoms with Crippen LogP contribution in [0.2, 0.25) is 0 Å². The fourth-order valence-electron chi connectivity index (χ4n) is 3.34. The van der Waals surface area contributed by atoms with E-state index in [4.69, 9.17) is 16.3 Å². The number of aromatic nitrogens is 1. The Hall–Kier alpha value is -2.35. The van der Waals surface area contributed by atoms with Crippen LogP contribution in [-0.4, -0.2) is 43.2 Å². The van der Waals surface area contributed by atoms with Crippen molar-refractivity contribution >= 4 is 45.4 Å². The summed E-state index contributed by atoms with van der Waals surface area (Å²) in [5, 5.41) is 7.57. The molecule has 0 bridgehead atoms. The zero-order valence-corrected chi connectivity index (χ0v) is 17.7. The summed E-state index contributed by atoms with van der Waals surface area (Å²) >= 11 is 7.57. The maximum Gasteiger partial charge on any atom is 0.263 e. The average Bonchev–Trinajstić information content (AvgIpc) is 3.21. The molecule has 1 fully saturated rings. The Morgan fingerprint density at radius 2 is 2.03 bits per heavy atom. The Kier molecular flexibility index (Phi) is 6.18. The van der Waals surface area contributed by atoms with Crippen molar-refractivity contribution < 1.29 is 9.53 Å². The third-order valence-corrected chi connectivity index (χ3v) is 6.28. The fraction of sp³-hybridized carbons (Fsp3) is 0.333. The summed E-state index contributed by atoms with van der Waals surface area (Å²) < 4.78 is 5.40. The molecule has 1 unspecified atom stereocenters. The second-order valence-electron chi connectivity index (χ2n) is 7.05. The van der Waals surface area contributed by atoms with Gasteiger partial charge in [0, 0.05) is 29.5 Å². The van der Waals surface area contributed by atoms with Crippen LogP contribution in [0.15, 0.2) is 53.7 Å². The SMILES string of the molecule is C[C@@H]1C=CC=C(Cl)C1NC(=O)c1cnc(Nc2ccc(N3CCOCC3)cc2)s1. The third-order valence-electron chi connectivity index (χ3n) is 5.00. The zero-order chi connectivity index (χ0) is 20.2. The van der Waals surface area contributed by atoms with Crippen molar-refractivity contribution in [1.82, 2.24) is 10.3 Å². The van der Waals surface area contributed by atoms with E-state index in [-0.39, 0.29) is 17.9 Å². The maximum atomic E-state index is 12.6. The highest BCUT2D eigenvalue weighted by molar-refractivity contribution is 7.17. The van der Waals surface area contributed by atoms with Gasteiger partial charge >= 0.3 is 0 Å². The molecular weight excluding hydrogens is 408 g/mol. The van der Waals surface area contributed by atoms with Gasteiger partial charge < -0.3 is 20.3 Å². The first-order valence-corrected chi connectivity index (χ1v) is 10.8. The van der Waals surface area contributed by atoms with Crippen molar-refractivity contribution in [1.29, 1.82) is 0 Å². The first kappa shape index (κ1) is 19.9. The van der Waals surface area contributed by atoms with Gasteiger partial charge in [-0.05, 0) is 36.3 Å². The highest BCUT2D eigenvalue weighted by Gasteiger charge is 2.24. The minimum absolute atomic E-state index is 0.145. The highest BCUT2D eigenvalue weighted by Crippen LogP contribution is 2.26. The zero-order valence-electron chi connectivity index (χ0n) is 16.1. The molecule has 6 nitrogen and oxygen atoms in total. The minimum Gasteiger partial charge on any atom is -0.378 e. The summed E-state index contributed by atoms with van der Waals surface area (Å²) in [6.45, 7) is 5.37. The lowest BCUT2D eigenvalue weighted by Crippen LogP contribution is -2.39. The molecule has 0 spiro atoms. The van der Waals surface area contributed by atoms with Crippen LogP contribution in [-0.2, 0) is 4.74 Å². The minimum atomic E-state index is -0.208. The van der Waals surface area contributed by atoms with E-state index in [1.54, 1.807) is 6.20 Å². The number of carbonyl (C=O) groups excluding carboxylic acids is 1. The second-order valence-corrected chi connectivity index (χ2v) is 8.51. The van der Waals surface area contributed by atoms with E-state index < -0.39 is 0 Å². The van der Waals surface area contributed by atoms with E-state index in [1.807, 2.05) is 37.3 Å². The van der Waals surface area contributed by atoms with Crippen LogP contribution in [0, 0.1) is 5.92 Å². The molecule has 2 aromatic rings. The molecule has 152 valence electrons. The van der Waals surface area contributed by atoms with Crippen molar-refractivity contribution in [2.75, 3.05) is 36.5 Å². The van der Waals surface area contributed by atoms with E-state index in [9.17, 15) is 4.79 Å². The van der Waals surface area contributed by atoms with E-state index >= 15 is 0 Å². The molecule has 1 aromatic heterocycles. The molecular formula is C21H23ClN4O2S. The molecule has 0 saturated carbocycles. The van der Waals surface area contributed by atoms with E-state index in [1.165, 1.54) is 17.0 Å². The molecule has 2 N–H and O–H groups in total. The lowest BCUT2D eigenvalue weighted by Gasteiger charge is -2.28. The Morgan fingerprint density at radius 1 is 1.28 bits per heavy atom. The van der Waals surface area contributed by atoms with Crippen LogP contribution in [0.5, 0.6) is 0 Å². The van der Waals surface area contributed by atoms with Crippen LogP contribution in [0.4, 0.5) is 16.5 Å². The van der Waals surface area contributed by atoms with Crippen LogP contribution in [0.1, 0.15) is 16.6 Å². The number of hydrogen-bond acceptors (Lipinski definition) is 6. The molecule has 1 amide bonds. The summed E-state index contributed by atoms with van der Waals surface area (Å²) in [4.78, 5) is 19.8. The Bertz CT molecular complexity index is 919. The lowest BCUT2D eigenvalue weighted by atomic mass is 9.97. The summed E-state index contributed by atoms with van der Waals surface area (Å²) in [5.41, 5.74) is 2.11. The monoisotopic (exact) mass is 430 g/mol. The maximum absolute atomic E-state index is 12.6. The molecule has 2 atom stereocenters. The predicted molar refractivity (Wildman–Crippen MR) is 118 cm³/mol. The number of nitrogens with zero attached hydrogens (tertiary/aromatic N) is 2. The number of amides is 1. The normalized spacial score (nSPS) is 21.6. The molecule has 1 saturated heterocycles. The first-order valence-electron chi connectivity index (χ1n) is 9.60. The Morgan fingerprint density at radius 3 is 2.76 bits per heavy atom. The fourth-order valence-corrected chi connectivity index (χ4v) is 4.40. The second kappa shape index (κ2) is 8.98. The van der Waals surface area contributed by atoms with Crippen molar-refractivity contribution in [3.63, 3.8) is 0 Å². The Labute approximate surface area is 179 Å². The number of rotatable bonds is 5. The van der Waals surface area contributed by atoms with Crippen molar-refractivity contribution in [3.05, 3.63) is 58.6 Å². The number of benzene rings is 1. The van der Waals surface area contributed by atoms with Gasteiger partial charge in [-0.3, -0.25) is 4.79 Å². The van der Waals surface area contributed by atoms with Gasteiger partial charge in [0.15, 0.2) is 5.13 Å². The van der Waals surface area contributed by atoms with Gasteiger partial charge in [-0.2, -0.15) is 0 Å². The average molecular weight is 431 g/mol. The van der Waals surface area contributed by atoms with Crippen molar-refractivity contribution in [3.8, 4) is 0 Å². The van der Waals surface area contributed by atoms with Gasteiger partial charge in [0.1, 0.15) is 4.88 Å². The Balaban J connectivity index is 1.37. The number of halogens is 1. The van der Waals surface area contributed by atoms with E-state index in [0.29, 0.717) is 15.0 Å². The van der Waals surface area contributed by atoms with Gasteiger partial charge in [0.05, 0.1) is 25.5 Å². The summed E-state index contributed by atoms with van der Waals surface area (Å²) in [6, 6.07) is 8.00. The van der Waals surface area contributed by atoms with Crippen LogP contribution < -0.4 is 15.5 Å². The van der Waals surface area contributed by atoms with Gasteiger partial charge in [-0.15, -0.1) is 0 Å². The first-order chi connectivity index (χ1) is 14.1. The number of nitrogens with one attached hydrogen (secondary N) is 2. The van der Waals surface area contributed by atoms with Gasteiger partial charge in [0.2, 0.25) is 0 Å². The number of thiazole rings is 1. The molecule has 1 aromatic carbocycles. The molecule has 29 heavy (non-hydrogen) atoms. The van der Waals surface area contributed by atoms with E-state index in [0.717, 1.165) is 32.0 Å². The summed E-state index contributed by atoms with van der Waals surface area (Å²) in [7, 11) is 0. The topological polar surface area (TPSA) is 66.5 Å². The van der Waals surface area contributed by atoms with Crippen molar-refractivity contribution in [2.45, 2.75) is 13.0 Å². The summed E-state index contributed by atoms with van der Waals surface area (Å²) in [6.07, 6.45) is 7.34. The number of ether oxygens (including phenoxy) is 1. The molecule has 2 aliphatic rings. The molecule has 4 rings (SSSR count). The summed E-state index contributed by atoms with van der Waals surface area (Å²) in [5.74, 6) is -0.0242. The molecule has 1 aliphatic carbocycles. The number of anilines is 3. The molecule has 8 heteroatoms. The predicted octanol–water partition coefficient (Wildman–Crippen LogP) is 4.15. The quantitative estimate of drug-likeness (QED) is 0.745. The molecule has 2 heterocycles. The number of hydrogen-bond donors (Lipinski definition) is 2. The largest absolute Gasteiger partial charge is 0.378 e. The number of allylic oxidation sites excluding steroid dienone is 2. The third kappa shape index (κ3) is 4.80. The van der Waals surface area contributed by atoms with Gasteiger partial charge in [0.25, 0.3) is 5.91 Å². The molecule has 1 aliphatic heterocycles. The van der Waals surface area contributed by atoms with Gasteiger partial charge in [-0.1, -0.05) is 42.0 Å². The van der Waals surface area contributed by atoms with Crippen LogP contribution in [0.3, 0.4) is 0 Å². The molecule has 0 radical (unpaired) electrons. The van der Waals surface area contributed by atoms with E-state index in [2.05, 4.69) is 32.7 Å². The lowest BCUT2D eigenvalue weighted by molar-refractivity contribution is 0.0941. The van der Waals surface area contributed by atoms with Gasteiger partial charge in [-0.25, -0.2) is 4.98 Å².